The Bertz CT molecular complexity index is 947. The van der Waals surface area contributed by atoms with Crippen molar-refractivity contribution in [3.63, 3.8) is 0 Å². The van der Waals surface area contributed by atoms with E-state index in [4.69, 9.17) is 14.2 Å². The monoisotopic (exact) mass is 861 g/mol. The largest absolute Gasteiger partial charge is 0.462 e. The van der Waals surface area contributed by atoms with Gasteiger partial charge in [-0.3, -0.25) is 14.4 Å². The van der Waals surface area contributed by atoms with Crippen LogP contribution in [0.3, 0.4) is 0 Å². The van der Waals surface area contributed by atoms with Crippen LogP contribution in [-0.2, 0) is 28.6 Å². The molecule has 0 bridgehead atoms. The van der Waals surface area contributed by atoms with E-state index in [9.17, 15) is 14.4 Å². The second kappa shape index (κ2) is 50.8. The first-order valence-electron chi connectivity index (χ1n) is 27.2. The average Bonchev–Trinajstić information content (AvgIpc) is 3.26. The quantitative estimate of drug-likeness (QED) is 0.0262. The number of rotatable bonds is 50. The van der Waals surface area contributed by atoms with Crippen LogP contribution in [0, 0.1) is 0 Å². The minimum atomic E-state index is -0.766. The topological polar surface area (TPSA) is 78.9 Å². The van der Waals surface area contributed by atoms with E-state index in [1.165, 1.54) is 199 Å². The third-order valence-electron chi connectivity index (χ3n) is 12.3. The summed E-state index contributed by atoms with van der Waals surface area (Å²) in [6, 6.07) is 0. The summed E-state index contributed by atoms with van der Waals surface area (Å²) in [5.41, 5.74) is 0. The van der Waals surface area contributed by atoms with E-state index in [1.54, 1.807) is 0 Å². The maximum atomic E-state index is 12.8. The molecule has 0 spiro atoms. The molecule has 61 heavy (non-hydrogen) atoms. The molecule has 0 aliphatic heterocycles. The zero-order valence-electron chi connectivity index (χ0n) is 41.2. The van der Waals surface area contributed by atoms with Gasteiger partial charge in [0.1, 0.15) is 13.2 Å². The molecule has 6 nitrogen and oxygen atoms in total. The lowest BCUT2D eigenvalue weighted by molar-refractivity contribution is -0.167. The third-order valence-corrected chi connectivity index (χ3v) is 12.3. The highest BCUT2D eigenvalue weighted by Crippen LogP contribution is 2.16. The number of esters is 3. The summed E-state index contributed by atoms with van der Waals surface area (Å²) >= 11 is 0. The summed E-state index contributed by atoms with van der Waals surface area (Å²) in [6.45, 7) is 6.67. The van der Waals surface area contributed by atoms with E-state index in [-0.39, 0.29) is 31.1 Å². The highest BCUT2D eigenvalue weighted by molar-refractivity contribution is 5.71. The van der Waals surface area contributed by atoms with Gasteiger partial charge in [-0.25, -0.2) is 0 Å². The highest BCUT2D eigenvalue weighted by Gasteiger charge is 2.19. The molecule has 6 heteroatoms. The fourth-order valence-corrected chi connectivity index (χ4v) is 8.14. The molecular weight excluding hydrogens is 757 g/mol. The van der Waals surface area contributed by atoms with Crippen molar-refractivity contribution >= 4 is 17.9 Å². The van der Waals surface area contributed by atoms with Crippen LogP contribution in [0.25, 0.3) is 0 Å². The molecule has 0 saturated heterocycles. The Morgan fingerprint density at radius 1 is 0.311 bits per heavy atom. The van der Waals surface area contributed by atoms with Crippen LogP contribution in [0.4, 0.5) is 0 Å². The SMILES string of the molecule is CCCCCCCC/C=C/CCCCCCCC(=O)OCC(COC(=O)CCCCCCCCCCCCCCCCC)OC(=O)CCCCCCCCCCCCCCC. The number of allylic oxidation sites excluding steroid dienone is 2. The highest BCUT2D eigenvalue weighted by atomic mass is 16.6. The molecule has 0 fully saturated rings. The van der Waals surface area contributed by atoms with Gasteiger partial charge in [0.15, 0.2) is 6.10 Å². The predicted molar refractivity (Wildman–Crippen MR) is 261 cm³/mol. The summed E-state index contributed by atoms with van der Waals surface area (Å²) in [4.78, 5) is 38.0. The Morgan fingerprint density at radius 2 is 0.541 bits per heavy atom. The van der Waals surface area contributed by atoms with Gasteiger partial charge in [0.05, 0.1) is 0 Å². The number of unbranched alkanes of at least 4 members (excludes halogenated alkanes) is 37. The van der Waals surface area contributed by atoms with Crippen LogP contribution in [0.5, 0.6) is 0 Å². The predicted octanol–water partition coefficient (Wildman–Crippen LogP) is 17.8. The summed E-state index contributed by atoms with van der Waals surface area (Å²) < 4.78 is 16.8. The molecule has 1 unspecified atom stereocenters. The van der Waals surface area contributed by atoms with E-state index in [2.05, 4.69) is 32.9 Å². The van der Waals surface area contributed by atoms with Crippen LogP contribution in [0.2, 0.25) is 0 Å². The van der Waals surface area contributed by atoms with Crippen molar-refractivity contribution in [3.8, 4) is 0 Å². The molecule has 0 aliphatic carbocycles. The Morgan fingerprint density at radius 3 is 0.820 bits per heavy atom. The summed E-state index contributed by atoms with van der Waals surface area (Å²) in [5, 5.41) is 0. The summed E-state index contributed by atoms with van der Waals surface area (Å²) in [5.74, 6) is -0.856. The molecule has 0 amide bonds. The Balaban J connectivity index is 4.32. The molecule has 0 radical (unpaired) electrons. The van der Waals surface area contributed by atoms with Crippen LogP contribution >= 0.6 is 0 Å². The lowest BCUT2D eigenvalue weighted by atomic mass is 10.0. The molecule has 1 atom stereocenters. The first-order valence-corrected chi connectivity index (χ1v) is 27.2. The van der Waals surface area contributed by atoms with Gasteiger partial charge in [-0.05, 0) is 44.9 Å². The normalized spacial score (nSPS) is 12.0. The zero-order chi connectivity index (χ0) is 44.4. The van der Waals surface area contributed by atoms with E-state index >= 15 is 0 Å². The fraction of sp³-hybridized carbons (Fsp3) is 0.909. The van der Waals surface area contributed by atoms with Crippen molar-refractivity contribution in [2.45, 2.75) is 309 Å². The van der Waals surface area contributed by atoms with E-state index in [1.807, 2.05) is 0 Å². The zero-order valence-corrected chi connectivity index (χ0v) is 41.2. The number of hydrogen-bond donors (Lipinski definition) is 0. The van der Waals surface area contributed by atoms with Gasteiger partial charge >= 0.3 is 17.9 Å². The number of ether oxygens (including phenoxy) is 3. The maximum absolute atomic E-state index is 12.8. The Kier molecular flexibility index (Phi) is 49.3. The third kappa shape index (κ3) is 49.0. The molecule has 0 saturated carbocycles. The molecule has 0 rings (SSSR count). The Hall–Kier alpha value is -1.85. The van der Waals surface area contributed by atoms with Crippen LogP contribution in [0.15, 0.2) is 12.2 Å². The van der Waals surface area contributed by atoms with Crippen molar-refractivity contribution in [2.75, 3.05) is 13.2 Å². The van der Waals surface area contributed by atoms with E-state index in [0.717, 1.165) is 64.2 Å². The molecule has 360 valence electrons. The smallest absolute Gasteiger partial charge is 0.306 e. The molecule has 0 aromatic heterocycles. The lowest BCUT2D eigenvalue weighted by Gasteiger charge is -2.18. The molecular formula is C55H104O6. The van der Waals surface area contributed by atoms with Crippen molar-refractivity contribution in [1.82, 2.24) is 0 Å². The molecule has 0 aromatic rings. The van der Waals surface area contributed by atoms with Crippen LogP contribution < -0.4 is 0 Å². The average molecular weight is 861 g/mol. The molecule has 0 heterocycles. The van der Waals surface area contributed by atoms with Gasteiger partial charge in [-0.15, -0.1) is 0 Å². The second-order valence-corrected chi connectivity index (χ2v) is 18.5. The minimum Gasteiger partial charge on any atom is -0.462 e. The van der Waals surface area contributed by atoms with Crippen LogP contribution in [0.1, 0.15) is 303 Å². The number of carbonyl (C=O) groups excluding carboxylic acids is 3. The molecule has 0 N–H and O–H groups in total. The van der Waals surface area contributed by atoms with Gasteiger partial charge in [-0.2, -0.15) is 0 Å². The van der Waals surface area contributed by atoms with Gasteiger partial charge in [0.25, 0.3) is 0 Å². The molecule has 0 aromatic carbocycles. The van der Waals surface area contributed by atoms with Gasteiger partial charge in [-0.1, -0.05) is 251 Å². The van der Waals surface area contributed by atoms with Crippen LogP contribution in [-0.4, -0.2) is 37.2 Å². The van der Waals surface area contributed by atoms with Gasteiger partial charge in [0, 0.05) is 19.3 Å². The molecule has 0 aliphatic rings. The fourth-order valence-electron chi connectivity index (χ4n) is 8.14. The second-order valence-electron chi connectivity index (χ2n) is 18.5. The van der Waals surface area contributed by atoms with Gasteiger partial charge in [0.2, 0.25) is 0 Å². The Labute approximate surface area is 380 Å². The first kappa shape index (κ1) is 59.1. The van der Waals surface area contributed by atoms with Crippen molar-refractivity contribution in [3.05, 3.63) is 12.2 Å². The number of hydrogen-bond acceptors (Lipinski definition) is 6. The van der Waals surface area contributed by atoms with Gasteiger partial charge < -0.3 is 14.2 Å². The standard InChI is InChI=1S/C55H104O6/c1-4-7-10-13-16-19-22-25-27-30-32-35-38-41-44-47-53(56)59-50-52(61-55(58)49-46-43-40-37-34-29-24-21-18-15-12-9-6-3)51-60-54(57)48-45-42-39-36-33-31-28-26-23-20-17-14-11-8-5-2/h25,27,52H,4-24,26,28-51H2,1-3H3/b27-25+. The summed E-state index contributed by atoms with van der Waals surface area (Å²) in [7, 11) is 0. The van der Waals surface area contributed by atoms with Crippen molar-refractivity contribution in [1.29, 1.82) is 0 Å². The maximum Gasteiger partial charge on any atom is 0.306 e. The van der Waals surface area contributed by atoms with E-state index < -0.39 is 6.10 Å². The summed E-state index contributed by atoms with van der Waals surface area (Å²) in [6.07, 6.45) is 56.2. The van der Waals surface area contributed by atoms with Crippen molar-refractivity contribution in [2.24, 2.45) is 0 Å². The van der Waals surface area contributed by atoms with Crippen molar-refractivity contribution < 1.29 is 28.6 Å². The van der Waals surface area contributed by atoms with E-state index in [0.29, 0.717) is 19.3 Å². The first-order chi connectivity index (χ1) is 30.0. The number of carbonyl (C=O) groups is 3. The lowest BCUT2D eigenvalue weighted by Crippen LogP contribution is -2.30. The minimum absolute atomic E-state index is 0.0669.